The molecule has 6 heteroatoms. The van der Waals surface area contributed by atoms with Gasteiger partial charge in [0.2, 0.25) is 0 Å². The van der Waals surface area contributed by atoms with Crippen molar-refractivity contribution >= 4 is 22.7 Å². The maximum absolute atomic E-state index is 13.1. The number of rotatable bonds is 5. The molecule has 1 aromatic carbocycles. The largest absolute Gasteiger partial charge is 0.486 e. The fraction of sp³-hybridized carbons (Fsp3) is 0.600. The predicted octanol–water partition coefficient (Wildman–Crippen LogP) is 4.63. The second-order valence-electron chi connectivity index (χ2n) is 9.47. The first-order valence-electron chi connectivity index (χ1n) is 11.9. The van der Waals surface area contributed by atoms with E-state index in [0.717, 1.165) is 49.6 Å². The minimum Gasteiger partial charge on any atom is -0.486 e. The molecule has 1 saturated heterocycles. The number of carbonyl (C=O) groups excluding carboxylic acids is 2. The van der Waals surface area contributed by atoms with Crippen LogP contribution in [-0.4, -0.2) is 48.4 Å². The Hall–Kier alpha value is -2.34. The highest BCUT2D eigenvalue weighted by atomic mass is 16.5. The number of furan rings is 1. The molecule has 1 N–H and O–H groups in total. The van der Waals surface area contributed by atoms with Crippen molar-refractivity contribution in [1.82, 2.24) is 10.2 Å². The Bertz CT molecular complexity index is 997. The fourth-order valence-electron chi connectivity index (χ4n) is 5.62. The number of carbonyl (C=O) groups is 2. The van der Waals surface area contributed by atoms with E-state index in [-0.39, 0.29) is 17.3 Å². The van der Waals surface area contributed by atoms with Crippen LogP contribution in [0.25, 0.3) is 11.0 Å². The molecule has 1 spiro atoms. The maximum Gasteiger partial charge on any atom is 0.287 e. The van der Waals surface area contributed by atoms with Gasteiger partial charge in [-0.2, -0.15) is 0 Å². The van der Waals surface area contributed by atoms with Gasteiger partial charge in [-0.1, -0.05) is 6.42 Å². The van der Waals surface area contributed by atoms with E-state index in [1.54, 1.807) is 0 Å². The van der Waals surface area contributed by atoms with Gasteiger partial charge in [0.1, 0.15) is 16.9 Å². The van der Waals surface area contributed by atoms with E-state index < -0.39 is 0 Å². The molecule has 2 aliphatic heterocycles. The summed E-state index contributed by atoms with van der Waals surface area (Å²) in [5.74, 6) is 0.835. The Morgan fingerprint density at radius 3 is 2.68 bits per heavy atom. The molecule has 1 amide bonds. The Kier molecular flexibility index (Phi) is 5.51. The fourth-order valence-corrected chi connectivity index (χ4v) is 5.62. The van der Waals surface area contributed by atoms with E-state index in [0.29, 0.717) is 35.6 Å². The van der Waals surface area contributed by atoms with Gasteiger partial charge in [-0.3, -0.25) is 9.59 Å². The van der Waals surface area contributed by atoms with Crippen molar-refractivity contribution in [1.29, 1.82) is 0 Å². The average molecular weight is 425 g/mol. The molecule has 1 aromatic heterocycles. The Morgan fingerprint density at radius 1 is 1.13 bits per heavy atom. The number of hydrogen-bond donors (Lipinski definition) is 1. The van der Waals surface area contributed by atoms with Crippen molar-refractivity contribution < 1.29 is 18.7 Å². The average Bonchev–Trinajstić information content (AvgIpc) is 3.36. The van der Waals surface area contributed by atoms with Gasteiger partial charge in [0, 0.05) is 17.5 Å². The van der Waals surface area contributed by atoms with Crippen LogP contribution in [0.4, 0.5) is 0 Å². The van der Waals surface area contributed by atoms with Crippen LogP contribution in [0.15, 0.2) is 16.5 Å². The van der Waals surface area contributed by atoms with Crippen LogP contribution in [0, 0.1) is 6.92 Å². The quantitative estimate of drug-likeness (QED) is 0.709. The van der Waals surface area contributed by atoms with Gasteiger partial charge in [0.05, 0.1) is 12.0 Å². The number of amides is 1. The maximum atomic E-state index is 13.1. The molecule has 0 unspecified atom stereocenters. The molecule has 0 atom stereocenters. The summed E-state index contributed by atoms with van der Waals surface area (Å²) in [6.45, 7) is 5.83. The standard InChI is InChI=1S/C25H32N2O4/c1-17-21-19(8-9-20-22(21)18(28)16-25(31-20)10-3-4-11-25)30-23(17)24(29)26-12-7-15-27-13-5-2-6-14-27/h8-9H,2-7,10-16H2,1H3,(H,26,29). The Balaban J connectivity index is 1.31. The highest BCUT2D eigenvalue weighted by Crippen LogP contribution is 2.46. The van der Waals surface area contributed by atoms with E-state index >= 15 is 0 Å². The number of fused-ring (bicyclic) bond motifs is 3. The smallest absolute Gasteiger partial charge is 0.287 e. The Morgan fingerprint density at radius 2 is 1.90 bits per heavy atom. The molecule has 1 saturated carbocycles. The second kappa shape index (κ2) is 8.30. The van der Waals surface area contributed by atoms with Crippen LogP contribution in [0.3, 0.4) is 0 Å². The molecule has 31 heavy (non-hydrogen) atoms. The van der Waals surface area contributed by atoms with Crippen molar-refractivity contribution in [2.24, 2.45) is 0 Å². The number of hydrogen-bond acceptors (Lipinski definition) is 5. The summed E-state index contributed by atoms with van der Waals surface area (Å²) in [7, 11) is 0. The molecular formula is C25H32N2O4. The minimum absolute atomic E-state index is 0.103. The van der Waals surface area contributed by atoms with E-state index in [1.165, 1.54) is 32.4 Å². The third kappa shape index (κ3) is 3.86. The van der Waals surface area contributed by atoms with Gasteiger partial charge in [-0.15, -0.1) is 0 Å². The highest BCUT2D eigenvalue weighted by Gasteiger charge is 2.43. The van der Waals surface area contributed by atoms with Crippen molar-refractivity contribution in [3.8, 4) is 5.75 Å². The first-order valence-corrected chi connectivity index (χ1v) is 11.9. The van der Waals surface area contributed by atoms with Crippen molar-refractivity contribution in [2.75, 3.05) is 26.2 Å². The zero-order valence-corrected chi connectivity index (χ0v) is 18.4. The van der Waals surface area contributed by atoms with E-state index in [1.807, 2.05) is 19.1 Å². The van der Waals surface area contributed by atoms with Crippen LogP contribution in [-0.2, 0) is 0 Å². The molecule has 6 nitrogen and oxygen atoms in total. The number of ether oxygens (including phenoxy) is 1. The van der Waals surface area contributed by atoms with Crippen LogP contribution in [0.2, 0.25) is 0 Å². The molecule has 2 fully saturated rings. The number of ketones is 1. The van der Waals surface area contributed by atoms with E-state index in [2.05, 4.69) is 10.2 Å². The van der Waals surface area contributed by atoms with Crippen LogP contribution in [0.5, 0.6) is 5.75 Å². The molecule has 1 aliphatic carbocycles. The lowest BCUT2D eigenvalue weighted by molar-refractivity contribution is 0.0454. The number of benzene rings is 1. The first-order chi connectivity index (χ1) is 15.1. The SMILES string of the molecule is Cc1c(C(=O)NCCCN2CCCCC2)oc2ccc3c(c12)C(=O)CC1(CCCC1)O3. The van der Waals surface area contributed by atoms with Gasteiger partial charge in [-0.05, 0) is 83.6 Å². The summed E-state index contributed by atoms with van der Waals surface area (Å²) in [5.41, 5.74) is 1.55. The molecule has 166 valence electrons. The number of nitrogens with one attached hydrogen (secondary N) is 1. The van der Waals surface area contributed by atoms with Gasteiger partial charge < -0.3 is 19.4 Å². The lowest BCUT2D eigenvalue weighted by Crippen LogP contribution is -2.39. The normalized spacial score (nSPS) is 20.7. The summed E-state index contributed by atoms with van der Waals surface area (Å²) in [4.78, 5) is 28.4. The van der Waals surface area contributed by atoms with Gasteiger partial charge >= 0.3 is 0 Å². The molecule has 0 bridgehead atoms. The van der Waals surface area contributed by atoms with E-state index in [9.17, 15) is 9.59 Å². The predicted molar refractivity (Wildman–Crippen MR) is 119 cm³/mol. The van der Waals surface area contributed by atoms with Crippen LogP contribution >= 0.6 is 0 Å². The Labute approximate surface area is 183 Å². The number of piperidine rings is 1. The third-order valence-electron chi connectivity index (χ3n) is 7.25. The first kappa shape index (κ1) is 20.6. The number of nitrogens with zero attached hydrogens (tertiary/aromatic N) is 1. The van der Waals surface area contributed by atoms with Crippen molar-refractivity contribution in [3.05, 3.63) is 29.0 Å². The topological polar surface area (TPSA) is 71.8 Å². The van der Waals surface area contributed by atoms with Gasteiger partial charge in [-0.25, -0.2) is 0 Å². The summed E-state index contributed by atoms with van der Waals surface area (Å²) in [6, 6.07) is 3.66. The zero-order chi connectivity index (χ0) is 21.4. The summed E-state index contributed by atoms with van der Waals surface area (Å²) in [6.07, 6.45) is 9.32. The molecule has 5 rings (SSSR count). The molecule has 3 heterocycles. The van der Waals surface area contributed by atoms with Crippen LogP contribution < -0.4 is 10.1 Å². The number of Topliss-reactive ketones (excluding diaryl/α,β-unsaturated/α-hetero) is 1. The third-order valence-corrected chi connectivity index (χ3v) is 7.25. The monoisotopic (exact) mass is 424 g/mol. The highest BCUT2D eigenvalue weighted by molar-refractivity contribution is 6.13. The lowest BCUT2D eigenvalue weighted by Gasteiger charge is -2.34. The van der Waals surface area contributed by atoms with Crippen molar-refractivity contribution in [3.63, 3.8) is 0 Å². The number of aryl methyl sites for hydroxylation is 1. The van der Waals surface area contributed by atoms with Gasteiger partial charge in [0.25, 0.3) is 5.91 Å². The summed E-state index contributed by atoms with van der Waals surface area (Å²) < 4.78 is 12.3. The zero-order valence-electron chi connectivity index (χ0n) is 18.4. The lowest BCUT2D eigenvalue weighted by atomic mass is 9.87. The van der Waals surface area contributed by atoms with Gasteiger partial charge in [0.15, 0.2) is 11.5 Å². The second-order valence-corrected chi connectivity index (χ2v) is 9.47. The summed E-state index contributed by atoms with van der Waals surface area (Å²) in [5, 5.41) is 3.73. The molecule has 2 aromatic rings. The minimum atomic E-state index is -0.329. The molecular weight excluding hydrogens is 392 g/mol. The summed E-state index contributed by atoms with van der Waals surface area (Å²) >= 11 is 0. The van der Waals surface area contributed by atoms with E-state index in [4.69, 9.17) is 9.15 Å². The number of likely N-dealkylation sites (tertiary alicyclic amines) is 1. The van der Waals surface area contributed by atoms with Crippen LogP contribution in [0.1, 0.15) is 84.3 Å². The van der Waals surface area contributed by atoms with Crippen molar-refractivity contribution in [2.45, 2.75) is 70.3 Å². The molecule has 0 radical (unpaired) electrons. The molecule has 3 aliphatic rings.